The summed E-state index contributed by atoms with van der Waals surface area (Å²) in [5.41, 5.74) is 6.73. The number of hydrogen-bond acceptors (Lipinski definition) is 5. The molecule has 7 heteroatoms. The van der Waals surface area contributed by atoms with E-state index in [1.165, 1.54) is 16.8 Å². The number of ether oxygens (including phenoxy) is 1. The molecule has 0 aliphatic heterocycles. The van der Waals surface area contributed by atoms with Crippen molar-refractivity contribution in [2.24, 2.45) is 12.8 Å². The van der Waals surface area contributed by atoms with Gasteiger partial charge in [0.05, 0.1) is 27.4 Å². The minimum absolute atomic E-state index is 0.232. The molecule has 2 N–H and O–H groups in total. The second-order valence-electron chi connectivity index (χ2n) is 5.05. The molecule has 2 aromatic heterocycles. The third-order valence-electron chi connectivity index (χ3n) is 3.39. The van der Waals surface area contributed by atoms with Crippen LogP contribution in [0.2, 0.25) is 0 Å². The Bertz CT molecular complexity index is 849. The van der Waals surface area contributed by atoms with Gasteiger partial charge in [0.1, 0.15) is 5.69 Å². The van der Waals surface area contributed by atoms with Crippen LogP contribution in [0.4, 0.5) is 0 Å². The summed E-state index contributed by atoms with van der Waals surface area (Å²) in [6.45, 7) is 0.232. The molecule has 1 aromatic carbocycles. The van der Waals surface area contributed by atoms with Crippen LogP contribution in [0.15, 0.2) is 36.5 Å². The fraction of sp³-hybridized carbons (Fsp3) is 0.188. The Morgan fingerprint density at radius 1 is 1.35 bits per heavy atom. The maximum absolute atomic E-state index is 12.1. The van der Waals surface area contributed by atoms with Gasteiger partial charge in [0.2, 0.25) is 5.91 Å². The van der Waals surface area contributed by atoms with Gasteiger partial charge in [0.25, 0.3) is 0 Å². The molecule has 2 heterocycles. The van der Waals surface area contributed by atoms with Crippen LogP contribution in [0.25, 0.3) is 10.2 Å². The highest BCUT2D eigenvalue weighted by atomic mass is 32.1. The van der Waals surface area contributed by atoms with E-state index >= 15 is 0 Å². The molecule has 0 atom stereocenters. The summed E-state index contributed by atoms with van der Waals surface area (Å²) in [5.74, 6) is -1.06. The molecule has 0 fully saturated rings. The molecule has 0 unspecified atom stereocenters. The third-order valence-corrected chi connectivity index (χ3v) is 4.48. The van der Waals surface area contributed by atoms with Crippen molar-refractivity contribution < 1.29 is 14.3 Å². The summed E-state index contributed by atoms with van der Waals surface area (Å²) in [6, 6.07) is 9.31. The van der Waals surface area contributed by atoms with Gasteiger partial charge in [-0.1, -0.05) is 12.1 Å². The molecule has 1 amide bonds. The van der Waals surface area contributed by atoms with Crippen molar-refractivity contribution in [3.63, 3.8) is 0 Å². The zero-order chi connectivity index (χ0) is 16.4. The number of carbonyl (C=O) groups is 2. The highest BCUT2D eigenvalue weighted by Crippen LogP contribution is 2.21. The number of esters is 1. The Hall–Kier alpha value is -2.67. The first-order valence-electron chi connectivity index (χ1n) is 7.02. The van der Waals surface area contributed by atoms with E-state index in [0.29, 0.717) is 12.1 Å². The van der Waals surface area contributed by atoms with Crippen LogP contribution in [-0.2, 0) is 18.2 Å². The molecule has 0 aliphatic carbocycles. The van der Waals surface area contributed by atoms with E-state index in [1.807, 2.05) is 24.3 Å². The quantitative estimate of drug-likeness (QED) is 0.726. The number of hydrogen-bond donors (Lipinski definition) is 1. The predicted octanol–water partition coefficient (Wildman–Crippen LogP) is 2.13. The number of para-hydroxylation sites is 1. The number of amides is 1. The summed E-state index contributed by atoms with van der Waals surface area (Å²) in [7, 11) is 1.66. The summed E-state index contributed by atoms with van der Waals surface area (Å²) in [4.78, 5) is 27.7. The van der Waals surface area contributed by atoms with Gasteiger partial charge >= 0.3 is 5.97 Å². The largest absolute Gasteiger partial charge is 0.461 e. The van der Waals surface area contributed by atoms with Crippen molar-refractivity contribution in [2.45, 2.75) is 6.42 Å². The molecule has 0 saturated carbocycles. The van der Waals surface area contributed by atoms with Crippen molar-refractivity contribution in [3.05, 3.63) is 52.8 Å². The van der Waals surface area contributed by atoms with E-state index in [2.05, 4.69) is 4.98 Å². The Kier molecular flexibility index (Phi) is 4.12. The lowest BCUT2D eigenvalue weighted by Crippen LogP contribution is -2.11. The molecular weight excluding hydrogens is 314 g/mol. The van der Waals surface area contributed by atoms with Gasteiger partial charge in [0.15, 0.2) is 0 Å². The molecule has 0 saturated heterocycles. The Balaban J connectivity index is 1.61. The Morgan fingerprint density at radius 2 is 2.13 bits per heavy atom. The van der Waals surface area contributed by atoms with Crippen molar-refractivity contribution in [3.8, 4) is 0 Å². The normalized spacial score (nSPS) is 10.8. The lowest BCUT2D eigenvalue weighted by atomic mass is 10.3. The van der Waals surface area contributed by atoms with Gasteiger partial charge in [-0.25, -0.2) is 9.78 Å². The summed E-state index contributed by atoms with van der Waals surface area (Å²) in [6.07, 6.45) is 2.06. The summed E-state index contributed by atoms with van der Waals surface area (Å²) < 4.78 is 7.90. The number of carbonyl (C=O) groups excluding carboxylic acids is 2. The van der Waals surface area contributed by atoms with Crippen LogP contribution in [0.3, 0.4) is 0 Å². The topological polar surface area (TPSA) is 87.2 Å². The van der Waals surface area contributed by atoms with Crippen molar-refractivity contribution >= 4 is 33.4 Å². The number of aromatic nitrogens is 2. The monoisotopic (exact) mass is 329 g/mol. The van der Waals surface area contributed by atoms with E-state index in [-0.39, 0.29) is 12.2 Å². The average Bonchev–Trinajstić information content (AvgIpc) is 3.10. The minimum Gasteiger partial charge on any atom is -0.461 e. The van der Waals surface area contributed by atoms with Gasteiger partial charge in [-0.2, -0.15) is 0 Å². The fourth-order valence-electron chi connectivity index (χ4n) is 2.23. The van der Waals surface area contributed by atoms with Crippen LogP contribution >= 0.6 is 11.3 Å². The number of nitrogens with zero attached hydrogens (tertiary/aromatic N) is 2. The van der Waals surface area contributed by atoms with E-state index in [0.717, 1.165) is 15.2 Å². The van der Waals surface area contributed by atoms with E-state index < -0.39 is 11.9 Å². The molecular formula is C16H15N3O3S. The Labute approximate surface area is 136 Å². The summed E-state index contributed by atoms with van der Waals surface area (Å²) in [5, 5.41) is 0.920. The van der Waals surface area contributed by atoms with E-state index in [4.69, 9.17) is 10.5 Å². The molecule has 0 aliphatic rings. The van der Waals surface area contributed by atoms with Crippen LogP contribution < -0.4 is 5.73 Å². The Morgan fingerprint density at radius 3 is 2.83 bits per heavy atom. The standard InChI is InChI=1S/C16H15N3O3S/c1-19-9-10(15(17)20)8-12(19)16(21)22-7-6-14-18-11-4-2-3-5-13(11)23-14/h2-5,8-9H,6-7H2,1H3,(H2,17,20). The third kappa shape index (κ3) is 3.24. The maximum Gasteiger partial charge on any atom is 0.354 e. The smallest absolute Gasteiger partial charge is 0.354 e. The van der Waals surface area contributed by atoms with Crippen molar-refractivity contribution in [1.29, 1.82) is 0 Å². The lowest BCUT2D eigenvalue weighted by Gasteiger charge is -2.04. The molecule has 0 bridgehead atoms. The second-order valence-corrected chi connectivity index (χ2v) is 6.17. The van der Waals surface area contributed by atoms with E-state index in [9.17, 15) is 9.59 Å². The fourth-order valence-corrected chi connectivity index (χ4v) is 3.18. The second kappa shape index (κ2) is 6.21. The van der Waals surface area contributed by atoms with Crippen molar-refractivity contribution in [1.82, 2.24) is 9.55 Å². The number of aryl methyl sites for hydroxylation is 1. The zero-order valence-electron chi connectivity index (χ0n) is 12.5. The van der Waals surface area contributed by atoms with E-state index in [1.54, 1.807) is 18.4 Å². The SMILES string of the molecule is Cn1cc(C(N)=O)cc1C(=O)OCCc1nc2ccccc2s1. The molecule has 3 rings (SSSR count). The van der Waals surface area contributed by atoms with Crippen molar-refractivity contribution in [2.75, 3.05) is 6.61 Å². The van der Waals surface area contributed by atoms with Gasteiger partial charge in [-0.3, -0.25) is 4.79 Å². The highest BCUT2D eigenvalue weighted by molar-refractivity contribution is 7.18. The van der Waals surface area contributed by atoms with Crippen LogP contribution in [-0.4, -0.2) is 28.0 Å². The average molecular weight is 329 g/mol. The first-order chi connectivity index (χ1) is 11.0. The maximum atomic E-state index is 12.1. The summed E-state index contributed by atoms with van der Waals surface area (Å²) >= 11 is 1.59. The first kappa shape index (κ1) is 15.2. The molecule has 0 spiro atoms. The number of thiazole rings is 1. The number of rotatable bonds is 5. The van der Waals surface area contributed by atoms with Gasteiger partial charge < -0.3 is 15.0 Å². The number of primary amides is 1. The predicted molar refractivity (Wildman–Crippen MR) is 87.5 cm³/mol. The molecule has 23 heavy (non-hydrogen) atoms. The number of fused-ring (bicyclic) bond motifs is 1. The molecule has 3 aromatic rings. The number of nitrogens with two attached hydrogens (primary N) is 1. The highest BCUT2D eigenvalue weighted by Gasteiger charge is 2.15. The van der Waals surface area contributed by atoms with Gasteiger partial charge in [-0.05, 0) is 18.2 Å². The lowest BCUT2D eigenvalue weighted by molar-refractivity contribution is 0.0498. The minimum atomic E-state index is -0.575. The first-order valence-corrected chi connectivity index (χ1v) is 7.84. The molecule has 6 nitrogen and oxygen atoms in total. The number of benzene rings is 1. The van der Waals surface area contributed by atoms with Crippen LogP contribution in [0.1, 0.15) is 25.9 Å². The molecule has 0 radical (unpaired) electrons. The van der Waals surface area contributed by atoms with Crippen LogP contribution in [0, 0.1) is 0 Å². The van der Waals surface area contributed by atoms with Gasteiger partial charge in [-0.15, -0.1) is 11.3 Å². The zero-order valence-corrected chi connectivity index (χ0v) is 13.3. The van der Waals surface area contributed by atoms with Crippen LogP contribution in [0.5, 0.6) is 0 Å². The van der Waals surface area contributed by atoms with Gasteiger partial charge in [0, 0.05) is 19.7 Å². The molecule has 118 valence electrons.